The summed E-state index contributed by atoms with van der Waals surface area (Å²) in [7, 11) is 0. The number of carbonyl (C=O) groups excluding carboxylic acids is 1. The molecule has 0 bridgehead atoms. The number of rotatable bonds is 3. The Kier molecular flexibility index (Phi) is 4.45. The average Bonchev–Trinajstić information content (AvgIpc) is 2.97. The van der Waals surface area contributed by atoms with Crippen LogP contribution in [-0.2, 0) is 0 Å². The van der Waals surface area contributed by atoms with Crippen molar-refractivity contribution in [3.63, 3.8) is 0 Å². The summed E-state index contributed by atoms with van der Waals surface area (Å²) in [5, 5.41) is 14.0. The fourth-order valence-electron chi connectivity index (χ4n) is 2.77. The van der Waals surface area contributed by atoms with E-state index in [1.165, 1.54) is 0 Å². The van der Waals surface area contributed by atoms with Crippen molar-refractivity contribution in [2.24, 2.45) is 0 Å². The van der Waals surface area contributed by atoms with Crippen LogP contribution in [0.2, 0.25) is 5.02 Å². The van der Waals surface area contributed by atoms with Crippen LogP contribution in [0, 0.1) is 0 Å². The highest BCUT2D eigenvalue weighted by Gasteiger charge is 2.21. The largest absolute Gasteiger partial charge is 0.348 e. The molecule has 0 radical (unpaired) electrons. The molecule has 6 heteroatoms. The van der Waals surface area contributed by atoms with E-state index in [9.17, 15) is 4.79 Å². The van der Waals surface area contributed by atoms with Crippen LogP contribution in [0.3, 0.4) is 0 Å². The number of amides is 1. The molecule has 2 heterocycles. The highest BCUT2D eigenvalue weighted by atomic mass is 35.5. The molecular formula is C16H19ClN4O. The molecule has 2 unspecified atom stereocenters. The molecule has 1 aliphatic heterocycles. The van der Waals surface area contributed by atoms with E-state index >= 15 is 0 Å². The van der Waals surface area contributed by atoms with Gasteiger partial charge in [-0.15, -0.1) is 0 Å². The number of aromatic amines is 1. The molecule has 1 fully saturated rings. The van der Waals surface area contributed by atoms with Gasteiger partial charge in [0, 0.05) is 17.6 Å². The van der Waals surface area contributed by atoms with Crippen molar-refractivity contribution in [2.45, 2.75) is 31.8 Å². The van der Waals surface area contributed by atoms with Crippen molar-refractivity contribution < 1.29 is 4.79 Å². The smallest absolute Gasteiger partial charge is 0.269 e. The lowest BCUT2D eigenvalue weighted by Crippen LogP contribution is -2.46. The Morgan fingerprint density at radius 1 is 1.41 bits per heavy atom. The SMILES string of the molecule is CC1CC(NC(=O)c2cc(-c3ccccc3Cl)n[nH]2)CCN1. The summed E-state index contributed by atoms with van der Waals surface area (Å²) in [6.07, 6.45) is 1.89. The predicted octanol–water partition coefficient (Wildman–Crippen LogP) is 2.60. The standard InChI is InChI=1S/C16H19ClN4O/c1-10-8-11(6-7-18-10)19-16(22)15-9-14(20-21-15)12-4-2-3-5-13(12)17/h2-5,9-11,18H,6-8H2,1H3,(H,19,22)(H,20,21). The molecule has 2 atom stereocenters. The lowest BCUT2D eigenvalue weighted by Gasteiger charge is -2.28. The maximum absolute atomic E-state index is 12.3. The van der Waals surface area contributed by atoms with Crippen LogP contribution >= 0.6 is 11.6 Å². The van der Waals surface area contributed by atoms with E-state index in [4.69, 9.17) is 11.6 Å². The minimum atomic E-state index is -0.120. The van der Waals surface area contributed by atoms with Gasteiger partial charge in [-0.2, -0.15) is 5.10 Å². The average molecular weight is 319 g/mol. The van der Waals surface area contributed by atoms with Crippen molar-refractivity contribution in [1.29, 1.82) is 0 Å². The summed E-state index contributed by atoms with van der Waals surface area (Å²) < 4.78 is 0. The molecule has 3 rings (SSSR count). The van der Waals surface area contributed by atoms with Gasteiger partial charge in [0.2, 0.25) is 0 Å². The van der Waals surface area contributed by atoms with Crippen LogP contribution in [0.15, 0.2) is 30.3 Å². The van der Waals surface area contributed by atoms with Crippen LogP contribution in [0.5, 0.6) is 0 Å². The normalized spacial score (nSPS) is 21.5. The molecular weight excluding hydrogens is 300 g/mol. The van der Waals surface area contributed by atoms with Crippen LogP contribution < -0.4 is 10.6 Å². The fourth-order valence-corrected chi connectivity index (χ4v) is 3.00. The van der Waals surface area contributed by atoms with Crippen molar-refractivity contribution in [3.8, 4) is 11.3 Å². The highest BCUT2D eigenvalue weighted by molar-refractivity contribution is 6.33. The van der Waals surface area contributed by atoms with Gasteiger partial charge in [-0.3, -0.25) is 9.89 Å². The lowest BCUT2D eigenvalue weighted by atomic mass is 10.0. The van der Waals surface area contributed by atoms with E-state index < -0.39 is 0 Å². The number of benzene rings is 1. The Morgan fingerprint density at radius 2 is 2.23 bits per heavy atom. The maximum Gasteiger partial charge on any atom is 0.269 e. The van der Waals surface area contributed by atoms with Gasteiger partial charge in [0.15, 0.2) is 0 Å². The molecule has 1 amide bonds. The van der Waals surface area contributed by atoms with E-state index in [1.54, 1.807) is 6.07 Å². The highest BCUT2D eigenvalue weighted by Crippen LogP contribution is 2.26. The molecule has 0 aliphatic carbocycles. The van der Waals surface area contributed by atoms with Gasteiger partial charge in [0.05, 0.1) is 10.7 Å². The number of hydrogen-bond donors (Lipinski definition) is 3. The third-order valence-electron chi connectivity index (χ3n) is 3.93. The predicted molar refractivity (Wildman–Crippen MR) is 87.0 cm³/mol. The molecule has 3 N–H and O–H groups in total. The topological polar surface area (TPSA) is 69.8 Å². The van der Waals surface area contributed by atoms with Crippen LogP contribution in [0.1, 0.15) is 30.3 Å². The molecule has 116 valence electrons. The van der Waals surface area contributed by atoms with Crippen molar-refractivity contribution >= 4 is 17.5 Å². The molecule has 1 aromatic carbocycles. The fraction of sp³-hybridized carbons (Fsp3) is 0.375. The third kappa shape index (κ3) is 3.31. The number of halogens is 1. The molecule has 0 saturated carbocycles. The van der Waals surface area contributed by atoms with Gasteiger partial charge in [-0.25, -0.2) is 0 Å². The second-order valence-corrected chi connectivity index (χ2v) is 6.10. The number of hydrogen-bond acceptors (Lipinski definition) is 3. The molecule has 1 saturated heterocycles. The van der Waals surface area contributed by atoms with E-state index in [2.05, 4.69) is 27.8 Å². The molecule has 1 aromatic heterocycles. The lowest BCUT2D eigenvalue weighted by molar-refractivity contribution is 0.0920. The van der Waals surface area contributed by atoms with Gasteiger partial charge in [-0.05, 0) is 38.4 Å². The summed E-state index contributed by atoms with van der Waals surface area (Å²) in [4.78, 5) is 12.3. The van der Waals surface area contributed by atoms with Gasteiger partial charge in [0.25, 0.3) is 5.91 Å². The zero-order valence-electron chi connectivity index (χ0n) is 12.4. The second kappa shape index (κ2) is 6.50. The van der Waals surface area contributed by atoms with Crippen LogP contribution in [0.4, 0.5) is 0 Å². The van der Waals surface area contributed by atoms with Crippen molar-refractivity contribution in [1.82, 2.24) is 20.8 Å². The molecule has 2 aromatic rings. The first-order chi connectivity index (χ1) is 10.6. The van der Waals surface area contributed by atoms with Crippen molar-refractivity contribution in [2.75, 3.05) is 6.54 Å². The third-order valence-corrected chi connectivity index (χ3v) is 4.26. The minimum Gasteiger partial charge on any atom is -0.348 e. The Morgan fingerprint density at radius 3 is 3.00 bits per heavy atom. The van der Waals surface area contributed by atoms with Gasteiger partial charge in [0.1, 0.15) is 5.69 Å². The molecule has 0 spiro atoms. The van der Waals surface area contributed by atoms with E-state index in [1.807, 2.05) is 24.3 Å². The monoisotopic (exact) mass is 318 g/mol. The first-order valence-electron chi connectivity index (χ1n) is 7.48. The number of piperidine rings is 1. The summed E-state index contributed by atoms with van der Waals surface area (Å²) in [5.74, 6) is -0.120. The quantitative estimate of drug-likeness (QED) is 0.814. The number of H-pyrrole nitrogens is 1. The summed E-state index contributed by atoms with van der Waals surface area (Å²) in [6, 6.07) is 9.82. The Hall–Kier alpha value is -1.85. The zero-order valence-corrected chi connectivity index (χ0v) is 13.2. The summed E-state index contributed by atoms with van der Waals surface area (Å²) in [5.41, 5.74) is 1.95. The van der Waals surface area contributed by atoms with Gasteiger partial charge in [-0.1, -0.05) is 29.8 Å². The maximum atomic E-state index is 12.3. The van der Waals surface area contributed by atoms with Crippen molar-refractivity contribution in [3.05, 3.63) is 41.0 Å². The Labute approximate surface area is 134 Å². The number of nitrogens with zero attached hydrogens (tertiary/aromatic N) is 1. The van der Waals surface area contributed by atoms with Crippen LogP contribution in [-0.4, -0.2) is 34.7 Å². The van der Waals surface area contributed by atoms with Gasteiger partial charge >= 0.3 is 0 Å². The first kappa shape index (κ1) is 15.1. The number of nitrogens with one attached hydrogen (secondary N) is 3. The molecule has 22 heavy (non-hydrogen) atoms. The Balaban J connectivity index is 1.71. The summed E-state index contributed by atoms with van der Waals surface area (Å²) >= 11 is 6.16. The molecule has 5 nitrogen and oxygen atoms in total. The van der Waals surface area contributed by atoms with Crippen LogP contribution in [0.25, 0.3) is 11.3 Å². The zero-order chi connectivity index (χ0) is 15.5. The summed E-state index contributed by atoms with van der Waals surface area (Å²) in [6.45, 7) is 3.06. The Bertz CT molecular complexity index is 670. The number of aromatic nitrogens is 2. The second-order valence-electron chi connectivity index (χ2n) is 5.70. The van der Waals surface area contributed by atoms with Gasteiger partial charge < -0.3 is 10.6 Å². The van der Waals surface area contributed by atoms with E-state index in [0.717, 1.165) is 24.9 Å². The first-order valence-corrected chi connectivity index (χ1v) is 7.86. The number of carbonyl (C=O) groups is 1. The molecule has 1 aliphatic rings. The van der Waals surface area contributed by atoms with E-state index in [0.29, 0.717) is 22.5 Å². The van der Waals surface area contributed by atoms with E-state index in [-0.39, 0.29) is 11.9 Å². The minimum absolute atomic E-state index is 0.120.